The summed E-state index contributed by atoms with van der Waals surface area (Å²) in [5.74, 6) is -4.14. The van der Waals surface area contributed by atoms with Crippen LogP contribution in [0.2, 0.25) is 0 Å². The van der Waals surface area contributed by atoms with Gasteiger partial charge in [-0.1, -0.05) is 36.4 Å². The fourth-order valence-electron chi connectivity index (χ4n) is 3.77. The van der Waals surface area contributed by atoms with Crippen LogP contribution in [0, 0.1) is 0 Å². The number of carbonyl (C=O) groups excluding carboxylic acids is 2. The maximum atomic E-state index is 13.1. The number of benzene rings is 2. The van der Waals surface area contributed by atoms with Crippen LogP contribution in [0.3, 0.4) is 0 Å². The average molecular weight is 504 g/mol. The summed E-state index contributed by atoms with van der Waals surface area (Å²) in [6.07, 6.45) is -1.69. The summed E-state index contributed by atoms with van der Waals surface area (Å²) in [5.41, 5.74) is 0.459. The molecule has 2 rings (SSSR count). The largest absolute Gasteiger partial charge is 0.478 e. The minimum atomic E-state index is -4.34. The zero-order valence-corrected chi connectivity index (χ0v) is 20.2. The van der Waals surface area contributed by atoms with E-state index in [9.17, 15) is 27.9 Å². The Balaban J connectivity index is 2.40. The van der Waals surface area contributed by atoms with Crippen molar-refractivity contribution in [2.75, 3.05) is 5.75 Å². The standard InChI is InChI=1S/C22H20B4O9S/c1-11(10-36(31,32)33)34-21(29)12-2-4-13(5-3-12)35-22(30)19-17(9-26)15(7-24)14(6-23)16(8-25)18(19)20(27)28/h2-5,11H,6-10H2,1H3,(H,27,28)(H,31,32,33). The molecule has 36 heavy (non-hydrogen) atoms. The summed E-state index contributed by atoms with van der Waals surface area (Å²) < 4.78 is 40.9. The van der Waals surface area contributed by atoms with Gasteiger partial charge in [0.2, 0.25) is 0 Å². The minimum absolute atomic E-state index is 0.00833. The Morgan fingerprint density at radius 1 is 0.833 bits per heavy atom. The van der Waals surface area contributed by atoms with E-state index in [1.807, 2.05) is 0 Å². The van der Waals surface area contributed by atoms with Crippen LogP contribution in [0.15, 0.2) is 24.3 Å². The smallest absolute Gasteiger partial charge is 0.344 e. The first-order valence-corrected chi connectivity index (χ1v) is 12.2. The zero-order valence-electron chi connectivity index (χ0n) is 19.4. The Labute approximate surface area is 214 Å². The molecule has 0 amide bonds. The van der Waals surface area contributed by atoms with E-state index in [1.54, 1.807) is 0 Å². The summed E-state index contributed by atoms with van der Waals surface area (Å²) >= 11 is 0. The van der Waals surface area contributed by atoms with Gasteiger partial charge in [0.05, 0.1) is 48.1 Å². The predicted octanol–water partition coefficient (Wildman–Crippen LogP) is 0.711. The fourth-order valence-corrected chi connectivity index (χ4v) is 4.43. The molecule has 0 heterocycles. The van der Waals surface area contributed by atoms with Crippen LogP contribution >= 0.6 is 0 Å². The van der Waals surface area contributed by atoms with Crippen LogP contribution in [0.1, 0.15) is 60.3 Å². The number of esters is 2. The van der Waals surface area contributed by atoms with E-state index in [-0.39, 0.29) is 58.8 Å². The molecule has 0 aliphatic carbocycles. The van der Waals surface area contributed by atoms with Gasteiger partial charge in [-0.3, -0.25) is 4.55 Å². The van der Waals surface area contributed by atoms with Crippen molar-refractivity contribution < 1.29 is 41.9 Å². The van der Waals surface area contributed by atoms with Crippen LogP contribution in [0.4, 0.5) is 0 Å². The number of aromatic carboxylic acids is 1. The van der Waals surface area contributed by atoms with Gasteiger partial charge in [0.1, 0.15) is 17.6 Å². The highest BCUT2D eigenvalue weighted by Gasteiger charge is 2.29. The Bertz CT molecular complexity index is 1260. The van der Waals surface area contributed by atoms with Crippen molar-refractivity contribution in [1.29, 1.82) is 0 Å². The lowest BCUT2D eigenvalue weighted by molar-refractivity contribution is 0.0381. The van der Waals surface area contributed by atoms with Gasteiger partial charge in [-0.05, 0) is 42.3 Å². The Morgan fingerprint density at radius 3 is 1.72 bits per heavy atom. The Morgan fingerprint density at radius 2 is 1.31 bits per heavy atom. The van der Waals surface area contributed by atoms with Crippen molar-refractivity contribution in [2.45, 2.75) is 38.3 Å². The molecule has 1 unspecified atom stereocenters. The molecule has 8 radical (unpaired) electrons. The molecule has 0 aliphatic heterocycles. The third-order valence-electron chi connectivity index (χ3n) is 5.23. The number of carboxylic acids is 1. The Kier molecular flexibility index (Phi) is 10.0. The molecule has 180 valence electrons. The van der Waals surface area contributed by atoms with Crippen LogP contribution < -0.4 is 4.74 Å². The second-order valence-corrected chi connectivity index (χ2v) is 9.16. The van der Waals surface area contributed by atoms with Gasteiger partial charge in [-0.15, -0.1) is 0 Å². The second-order valence-electron chi connectivity index (χ2n) is 7.66. The first-order chi connectivity index (χ1) is 16.9. The van der Waals surface area contributed by atoms with Crippen molar-refractivity contribution in [1.82, 2.24) is 0 Å². The molecule has 0 saturated heterocycles. The summed E-state index contributed by atoms with van der Waals surface area (Å²) in [7, 11) is 18.9. The number of carbonyl (C=O) groups is 3. The third kappa shape index (κ3) is 6.82. The first-order valence-electron chi connectivity index (χ1n) is 10.6. The molecule has 0 spiro atoms. The molecule has 0 fully saturated rings. The summed E-state index contributed by atoms with van der Waals surface area (Å²) in [6.45, 7) is 1.29. The van der Waals surface area contributed by atoms with Crippen molar-refractivity contribution >= 4 is 59.4 Å². The topological polar surface area (TPSA) is 144 Å². The van der Waals surface area contributed by atoms with Gasteiger partial charge in [-0.25, -0.2) is 14.4 Å². The average Bonchev–Trinajstić information content (AvgIpc) is 2.80. The van der Waals surface area contributed by atoms with Crippen LogP contribution in [-0.4, -0.2) is 79.2 Å². The molecule has 0 bridgehead atoms. The summed E-state index contributed by atoms with van der Waals surface area (Å²) in [5, 5.41) is 9.86. The lowest BCUT2D eigenvalue weighted by Gasteiger charge is -2.23. The quantitative estimate of drug-likeness (QED) is 0.196. The van der Waals surface area contributed by atoms with Crippen LogP contribution in [0.5, 0.6) is 5.75 Å². The molecule has 2 aromatic carbocycles. The minimum Gasteiger partial charge on any atom is -0.478 e. The van der Waals surface area contributed by atoms with Crippen molar-refractivity contribution in [2.24, 2.45) is 0 Å². The lowest BCUT2D eigenvalue weighted by atomic mass is 9.72. The van der Waals surface area contributed by atoms with Crippen LogP contribution in [-0.2, 0) is 40.1 Å². The maximum Gasteiger partial charge on any atom is 0.344 e. The number of rotatable bonds is 11. The second kappa shape index (κ2) is 12.3. The van der Waals surface area contributed by atoms with E-state index in [0.717, 1.165) is 0 Å². The SMILES string of the molecule is [B]Cc1c(C[B])c(C[B])c(C(=O)Oc2ccc(C(=O)OC(C)CS(=O)(=O)O)cc2)c(C(=O)O)c1C[B]. The molecule has 2 aromatic rings. The first kappa shape index (κ1) is 29.3. The normalized spacial score (nSPS) is 12.1. The highest BCUT2D eigenvalue weighted by Crippen LogP contribution is 2.31. The van der Waals surface area contributed by atoms with Gasteiger partial charge in [-0.2, -0.15) is 8.42 Å². The van der Waals surface area contributed by atoms with E-state index in [1.165, 1.54) is 31.2 Å². The molecule has 0 saturated carbocycles. The van der Waals surface area contributed by atoms with E-state index in [4.69, 9.17) is 45.4 Å². The molecule has 1 atom stereocenters. The van der Waals surface area contributed by atoms with E-state index >= 15 is 0 Å². The van der Waals surface area contributed by atoms with Gasteiger partial charge >= 0.3 is 17.9 Å². The fraction of sp³-hybridized carbons (Fsp3) is 0.318. The predicted molar refractivity (Wildman–Crippen MR) is 134 cm³/mol. The number of ether oxygens (including phenoxy) is 2. The molecule has 0 aliphatic rings. The van der Waals surface area contributed by atoms with Crippen molar-refractivity contribution in [3.63, 3.8) is 0 Å². The maximum absolute atomic E-state index is 13.1. The highest BCUT2D eigenvalue weighted by molar-refractivity contribution is 7.85. The van der Waals surface area contributed by atoms with E-state index < -0.39 is 39.9 Å². The molecular formula is C22H20B4O9S. The van der Waals surface area contributed by atoms with Gasteiger partial charge < -0.3 is 14.6 Å². The molecule has 14 heteroatoms. The summed E-state index contributed by atoms with van der Waals surface area (Å²) in [4.78, 5) is 37.4. The van der Waals surface area contributed by atoms with Crippen LogP contribution in [0.25, 0.3) is 0 Å². The molecular weight excluding hydrogens is 484 g/mol. The number of hydrogen-bond donors (Lipinski definition) is 2. The monoisotopic (exact) mass is 504 g/mol. The number of hydrogen-bond acceptors (Lipinski definition) is 7. The van der Waals surface area contributed by atoms with Gasteiger partial charge in [0.15, 0.2) is 0 Å². The molecule has 9 nitrogen and oxygen atoms in total. The van der Waals surface area contributed by atoms with E-state index in [2.05, 4.69) is 0 Å². The molecule has 0 aromatic heterocycles. The van der Waals surface area contributed by atoms with Gasteiger partial charge in [0.25, 0.3) is 10.1 Å². The van der Waals surface area contributed by atoms with Crippen molar-refractivity contribution in [3.05, 3.63) is 63.2 Å². The van der Waals surface area contributed by atoms with Gasteiger partial charge in [0, 0.05) is 0 Å². The number of carboxylic acid groups (broad SMARTS) is 1. The summed E-state index contributed by atoms with van der Waals surface area (Å²) in [6, 6.07) is 5.02. The van der Waals surface area contributed by atoms with E-state index in [0.29, 0.717) is 11.1 Å². The lowest BCUT2D eigenvalue weighted by Crippen LogP contribution is -2.24. The zero-order chi connectivity index (χ0) is 27.2. The molecule has 2 N–H and O–H groups in total. The Hall–Kier alpha value is -2.98. The highest BCUT2D eigenvalue weighted by atomic mass is 32.2. The van der Waals surface area contributed by atoms with Crippen molar-refractivity contribution in [3.8, 4) is 5.75 Å². The third-order valence-corrected chi connectivity index (χ3v) is 6.13.